The first-order valence-corrected chi connectivity index (χ1v) is 8.36. The van der Waals surface area contributed by atoms with Crippen molar-refractivity contribution in [3.05, 3.63) is 52.1 Å². The zero-order chi connectivity index (χ0) is 20.7. The Bertz CT molecular complexity index is 854. The van der Waals surface area contributed by atoms with Crippen molar-refractivity contribution >= 4 is 11.6 Å². The second-order valence-electron chi connectivity index (χ2n) is 5.78. The number of hydrogen-bond acceptors (Lipinski definition) is 7. The molecule has 0 fully saturated rings. The molecule has 0 aromatic heterocycles. The summed E-state index contributed by atoms with van der Waals surface area (Å²) in [5, 5.41) is 13.7. The van der Waals surface area contributed by atoms with Gasteiger partial charge >= 0.3 is 0 Å². The van der Waals surface area contributed by atoms with Gasteiger partial charge in [0.1, 0.15) is 11.5 Å². The summed E-state index contributed by atoms with van der Waals surface area (Å²) in [5.74, 6) is 1.23. The van der Waals surface area contributed by atoms with Crippen molar-refractivity contribution in [3.63, 3.8) is 0 Å². The Kier molecular flexibility index (Phi) is 7.02. The van der Waals surface area contributed by atoms with E-state index in [-0.39, 0.29) is 24.1 Å². The number of benzene rings is 2. The largest absolute Gasteiger partial charge is 0.497 e. The lowest BCUT2D eigenvalue weighted by Crippen LogP contribution is -2.31. The lowest BCUT2D eigenvalue weighted by Gasteiger charge is -2.18. The molecular formula is C19H22N2O7. The number of nitro groups is 1. The van der Waals surface area contributed by atoms with Gasteiger partial charge in [-0.1, -0.05) is 0 Å². The third-order valence-corrected chi connectivity index (χ3v) is 4.00. The second-order valence-corrected chi connectivity index (χ2v) is 5.78. The van der Waals surface area contributed by atoms with Crippen molar-refractivity contribution in [1.82, 2.24) is 5.32 Å². The van der Waals surface area contributed by atoms with E-state index in [1.165, 1.54) is 32.4 Å². The highest BCUT2D eigenvalue weighted by Gasteiger charge is 2.17. The van der Waals surface area contributed by atoms with E-state index in [9.17, 15) is 14.9 Å². The molecule has 0 saturated heterocycles. The molecule has 0 unspecified atom stereocenters. The maximum Gasteiger partial charge on any atom is 0.273 e. The molecule has 0 aliphatic carbocycles. The molecule has 0 bridgehead atoms. The molecule has 1 amide bonds. The van der Waals surface area contributed by atoms with Crippen molar-refractivity contribution < 1.29 is 28.7 Å². The first kappa shape index (κ1) is 20.8. The Morgan fingerprint density at radius 3 is 2.32 bits per heavy atom. The molecular weight excluding hydrogens is 368 g/mol. The predicted molar refractivity (Wildman–Crippen MR) is 101 cm³/mol. The summed E-state index contributed by atoms with van der Waals surface area (Å²) in [6.07, 6.45) is 0. The number of ether oxygens (including phenoxy) is 4. The molecule has 0 aliphatic heterocycles. The number of methoxy groups -OCH3 is 3. The van der Waals surface area contributed by atoms with E-state index in [1.807, 2.05) is 0 Å². The van der Waals surface area contributed by atoms with Crippen LogP contribution in [-0.2, 0) is 4.79 Å². The van der Waals surface area contributed by atoms with Gasteiger partial charge in [-0.25, -0.2) is 0 Å². The van der Waals surface area contributed by atoms with Crippen LogP contribution >= 0.6 is 0 Å². The van der Waals surface area contributed by atoms with Crippen molar-refractivity contribution in [3.8, 4) is 23.0 Å². The molecule has 150 valence electrons. The summed E-state index contributed by atoms with van der Waals surface area (Å²) in [7, 11) is 4.50. The van der Waals surface area contributed by atoms with Gasteiger partial charge in [-0.05, 0) is 31.2 Å². The van der Waals surface area contributed by atoms with Crippen LogP contribution in [-0.4, -0.2) is 38.8 Å². The fourth-order valence-electron chi connectivity index (χ4n) is 2.57. The number of non-ortho nitro benzene ring substituents is 1. The first-order valence-electron chi connectivity index (χ1n) is 8.36. The van der Waals surface area contributed by atoms with Crippen LogP contribution in [0.15, 0.2) is 36.4 Å². The summed E-state index contributed by atoms with van der Waals surface area (Å²) in [6.45, 7) is 1.46. The zero-order valence-electron chi connectivity index (χ0n) is 16.1. The maximum absolute atomic E-state index is 12.3. The number of nitrogens with zero attached hydrogens (tertiary/aromatic N) is 1. The summed E-state index contributed by atoms with van der Waals surface area (Å²) in [6, 6.07) is 8.82. The molecule has 1 atom stereocenters. The summed E-state index contributed by atoms with van der Waals surface area (Å²) < 4.78 is 21.1. The average Bonchev–Trinajstić information content (AvgIpc) is 2.71. The number of rotatable bonds is 9. The summed E-state index contributed by atoms with van der Waals surface area (Å²) >= 11 is 0. The van der Waals surface area contributed by atoms with Gasteiger partial charge in [0.15, 0.2) is 18.1 Å². The molecule has 0 aliphatic rings. The SMILES string of the molecule is COc1ccc(OC)c([C@H](C)NC(=O)COc2cc([N+](=O)[O-])ccc2OC)c1. The van der Waals surface area contributed by atoms with Gasteiger partial charge in [-0.2, -0.15) is 0 Å². The van der Waals surface area contributed by atoms with E-state index >= 15 is 0 Å². The molecule has 0 spiro atoms. The molecule has 0 heterocycles. The topological polar surface area (TPSA) is 109 Å². The molecule has 2 rings (SSSR count). The van der Waals surface area contributed by atoms with Gasteiger partial charge in [-0.3, -0.25) is 14.9 Å². The van der Waals surface area contributed by atoms with E-state index in [4.69, 9.17) is 18.9 Å². The Morgan fingerprint density at radius 1 is 1.04 bits per heavy atom. The van der Waals surface area contributed by atoms with E-state index < -0.39 is 10.8 Å². The van der Waals surface area contributed by atoms with Crippen LogP contribution in [0, 0.1) is 10.1 Å². The molecule has 9 heteroatoms. The number of hydrogen-bond donors (Lipinski definition) is 1. The molecule has 1 N–H and O–H groups in total. The van der Waals surface area contributed by atoms with Crippen molar-refractivity contribution in [2.24, 2.45) is 0 Å². The van der Waals surface area contributed by atoms with E-state index in [1.54, 1.807) is 32.2 Å². The van der Waals surface area contributed by atoms with Crippen molar-refractivity contribution in [2.75, 3.05) is 27.9 Å². The van der Waals surface area contributed by atoms with Gasteiger partial charge in [0.25, 0.3) is 11.6 Å². The highest BCUT2D eigenvalue weighted by Crippen LogP contribution is 2.31. The Hall–Kier alpha value is -3.49. The van der Waals surface area contributed by atoms with Gasteiger partial charge < -0.3 is 24.3 Å². The Morgan fingerprint density at radius 2 is 1.71 bits per heavy atom. The first-order chi connectivity index (χ1) is 13.4. The third-order valence-electron chi connectivity index (χ3n) is 4.00. The van der Waals surface area contributed by atoms with E-state index in [0.717, 1.165) is 5.56 Å². The highest BCUT2D eigenvalue weighted by atomic mass is 16.6. The van der Waals surface area contributed by atoms with E-state index in [0.29, 0.717) is 17.2 Å². The Labute approximate surface area is 162 Å². The monoisotopic (exact) mass is 390 g/mol. The molecule has 28 heavy (non-hydrogen) atoms. The average molecular weight is 390 g/mol. The number of nitrogens with one attached hydrogen (secondary N) is 1. The maximum atomic E-state index is 12.3. The van der Waals surface area contributed by atoms with Crippen molar-refractivity contribution in [2.45, 2.75) is 13.0 Å². The fourth-order valence-corrected chi connectivity index (χ4v) is 2.57. The van der Waals surface area contributed by atoms with Gasteiger partial charge in [0, 0.05) is 11.6 Å². The number of carbonyl (C=O) groups excluding carboxylic acids is 1. The lowest BCUT2D eigenvalue weighted by atomic mass is 10.1. The molecule has 9 nitrogen and oxygen atoms in total. The molecule has 0 saturated carbocycles. The van der Waals surface area contributed by atoms with Crippen LogP contribution in [0.5, 0.6) is 23.0 Å². The minimum absolute atomic E-state index is 0.110. The number of nitro benzene ring substituents is 1. The zero-order valence-corrected chi connectivity index (χ0v) is 16.1. The quantitative estimate of drug-likeness (QED) is 0.518. The number of carbonyl (C=O) groups is 1. The summed E-state index contributed by atoms with van der Waals surface area (Å²) in [4.78, 5) is 22.7. The minimum atomic E-state index is -0.552. The smallest absolute Gasteiger partial charge is 0.273 e. The molecule has 0 radical (unpaired) electrons. The summed E-state index contributed by atoms with van der Waals surface area (Å²) in [5.41, 5.74) is 0.578. The van der Waals surface area contributed by atoms with Crippen LogP contribution in [0.4, 0.5) is 5.69 Å². The normalized spacial score (nSPS) is 11.3. The standard InChI is InChI=1S/C19H22N2O7/c1-12(15-10-14(25-2)6-8-16(15)26-3)20-19(22)11-28-18-9-13(21(23)24)5-7-17(18)27-4/h5-10,12H,11H2,1-4H3,(H,20,22)/t12-/m0/s1. The van der Waals surface area contributed by atoms with Crippen LogP contribution in [0.2, 0.25) is 0 Å². The third kappa shape index (κ3) is 5.03. The lowest BCUT2D eigenvalue weighted by molar-refractivity contribution is -0.385. The molecule has 2 aromatic rings. The van der Waals surface area contributed by atoms with Gasteiger partial charge in [-0.15, -0.1) is 0 Å². The Balaban J connectivity index is 2.07. The van der Waals surface area contributed by atoms with Crippen molar-refractivity contribution in [1.29, 1.82) is 0 Å². The van der Waals surface area contributed by atoms with Gasteiger partial charge in [0.2, 0.25) is 0 Å². The van der Waals surface area contributed by atoms with Crippen LogP contribution in [0.1, 0.15) is 18.5 Å². The second kappa shape index (κ2) is 9.45. The predicted octanol–water partition coefficient (Wildman–Crippen LogP) is 2.88. The van der Waals surface area contributed by atoms with E-state index in [2.05, 4.69) is 5.32 Å². The number of amides is 1. The van der Waals surface area contributed by atoms with Crippen LogP contribution in [0.25, 0.3) is 0 Å². The fraction of sp³-hybridized carbons (Fsp3) is 0.316. The minimum Gasteiger partial charge on any atom is -0.497 e. The van der Waals surface area contributed by atoms with Crippen LogP contribution < -0.4 is 24.3 Å². The highest BCUT2D eigenvalue weighted by molar-refractivity contribution is 5.78. The van der Waals surface area contributed by atoms with Crippen LogP contribution in [0.3, 0.4) is 0 Å². The molecule has 2 aromatic carbocycles. The van der Waals surface area contributed by atoms with Gasteiger partial charge in [0.05, 0.1) is 38.4 Å².